The van der Waals surface area contributed by atoms with Gasteiger partial charge in [-0.2, -0.15) is 0 Å². The van der Waals surface area contributed by atoms with Crippen LogP contribution in [0.1, 0.15) is 12.0 Å². The van der Waals surface area contributed by atoms with Gasteiger partial charge in [0.15, 0.2) is 0 Å². The zero-order valence-electron chi connectivity index (χ0n) is 13.9. The molecular weight excluding hydrogens is 314 g/mol. The van der Waals surface area contributed by atoms with Crippen molar-refractivity contribution in [1.82, 2.24) is 15.1 Å². The molecule has 1 N–H and O–H groups in total. The van der Waals surface area contributed by atoms with Gasteiger partial charge in [-0.1, -0.05) is 29.8 Å². The molecule has 0 aromatic heterocycles. The number of halogens is 1. The first-order valence-electron chi connectivity index (χ1n) is 8.03. The van der Waals surface area contributed by atoms with E-state index in [1.165, 1.54) is 0 Å². The summed E-state index contributed by atoms with van der Waals surface area (Å²) in [6.07, 6.45) is 0.726. The topological polar surface area (TPSA) is 44.8 Å². The molecule has 1 saturated heterocycles. The molecule has 1 aromatic rings. The van der Waals surface area contributed by atoms with Crippen LogP contribution in [0.5, 0.6) is 0 Å². The van der Waals surface area contributed by atoms with Crippen LogP contribution in [0.15, 0.2) is 24.3 Å². The lowest BCUT2D eigenvalue weighted by Crippen LogP contribution is -2.47. The second-order valence-electron chi connectivity index (χ2n) is 6.17. The zero-order valence-corrected chi connectivity index (χ0v) is 14.7. The Hall–Kier alpha value is -1.14. The van der Waals surface area contributed by atoms with Crippen LogP contribution in [0.25, 0.3) is 0 Å². The van der Waals surface area contributed by atoms with Gasteiger partial charge in [0, 0.05) is 44.2 Å². The summed E-state index contributed by atoms with van der Waals surface area (Å²) >= 11 is 6.09. The normalized spacial score (nSPS) is 19.0. The number of carbonyl (C=O) groups is 1. The van der Waals surface area contributed by atoms with Crippen molar-refractivity contribution in [2.24, 2.45) is 0 Å². The van der Waals surface area contributed by atoms with Crippen molar-refractivity contribution in [3.63, 3.8) is 0 Å². The van der Waals surface area contributed by atoms with Gasteiger partial charge in [0.2, 0.25) is 5.91 Å². The van der Waals surface area contributed by atoms with Crippen LogP contribution in [0.4, 0.5) is 0 Å². The SMILES string of the molecule is CN(C)CC1CN(CCC(=O)NCc2ccccc2Cl)CCO1. The van der Waals surface area contributed by atoms with Crippen LogP contribution in [-0.2, 0) is 16.1 Å². The van der Waals surface area contributed by atoms with Crippen molar-refractivity contribution in [3.05, 3.63) is 34.9 Å². The molecule has 23 heavy (non-hydrogen) atoms. The first kappa shape index (κ1) is 18.2. The average Bonchev–Trinajstić information content (AvgIpc) is 2.52. The molecule has 1 heterocycles. The van der Waals surface area contributed by atoms with Crippen molar-refractivity contribution in [2.45, 2.75) is 19.1 Å². The van der Waals surface area contributed by atoms with Gasteiger partial charge in [-0.25, -0.2) is 0 Å². The van der Waals surface area contributed by atoms with E-state index in [9.17, 15) is 4.79 Å². The van der Waals surface area contributed by atoms with E-state index in [1.807, 2.05) is 38.4 Å². The summed E-state index contributed by atoms with van der Waals surface area (Å²) in [5, 5.41) is 3.62. The fourth-order valence-electron chi connectivity index (χ4n) is 2.68. The summed E-state index contributed by atoms with van der Waals surface area (Å²) < 4.78 is 5.75. The van der Waals surface area contributed by atoms with Crippen molar-refractivity contribution in [2.75, 3.05) is 46.9 Å². The lowest BCUT2D eigenvalue weighted by Gasteiger charge is -2.34. The van der Waals surface area contributed by atoms with Crippen LogP contribution in [0, 0.1) is 0 Å². The molecular formula is C17H26ClN3O2. The predicted molar refractivity (Wildman–Crippen MR) is 92.6 cm³/mol. The minimum atomic E-state index is 0.0561. The van der Waals surface area contributed by atoms with Gasteiger partial charge in [-0.15, -0.1) is 0 Å². The monoisotopic (exact) mass is 339 g/mol. The molecule has 1 unspecified atom stereocenters. The van der Waals surface area contributed by atoms with E-state index in [4.69, 9.17) is 16.3 Å². The molecule has 1 atom stereocenters. The van der Waals surface area contributed by atoms with Crippen molar-refractivity contribution in [1.29, 1.82) is 0 Å². The number of likely N-dealkylation sites (N-methyl/N-ethyl adjacent to an activating group) is 1. The molecule has 0 saturated carbocycles. The second-order valence-corrected chi connectivity index (χ2v) is 6.58. The minimum absolute atomic E-state index is 0.0561. The Labute approximate surface area is 143 Å². The Morgan fingerprint density at radius 1 is 1.43 bits per heavy atom. The molecule has 0 bridgehead atoms. The highest BCUT2D eigenvalue weighted by Crippen LogP contribution is 2.14. The maximum Gasteiger partial charge on any atom is 0.221 e. The Balaban J connectivity index is 1.69. The average molecular weight is 340 g/mol. The number of hydrogen-bond donors (Lipinski definition) is 1. The van der Waals surface area contributed by atoms with E-state index in [0.29, 0.717) is 18.0 Å². The Bertz CT molecular complexity index is 510. The number of benzene rings is 1. The van der Waals surface area contributed by atoms with Crippen LogP contribution in [-0.4, -0.2) is 68.7 Å². The molecule has 1 aliphatic rings. The van der Waals surface area contributed by atoms with Crippen LogP contribution in [0.3, 0.4) is 0 Å². The summed E-state index contributed by atoms with van der Waals surface area (Å²) in [4.78, 5) is 16.4. The number of carbonyl (C=O) groups excluding carboxylic acids is 1. The standard InChI is InChI=1S/C17H26ClN3O2/c1-20(2)12-15-13-21(9-10-23-15)8-7-17(22)19-11-14-5-3-4-6-16(14)18/h3-6,15H,7-13H2,1-2H3,(H,19,22). The van der Waals surface area contributed by atoms with Gasteiger partial charge < -0.3 is 15.0 Å². The molecule has 128 valence electrons. The third-order valence-corrected chi connectivity index (χ3v) is 4.25. The molecule has 1 aliphatic heterocycles. The predicted octanol–water partition coefficient (Wildman–Crippen LogP) is 1.61. The van der Waals surface area contributed by atoms with E-state index in [2.05, 4.69) is 15.1 Å². The van der Waals surface area contributed by atoms with Crippen LogP contribution < -0.4 is 5.32 Å². The highest BCUT2D eigenvalue weighted by Gasteiger charge is 2.21. The Morgan fingerprint density at radius 3 is 2.96 bits per heavy atom. The smallest absolute Gasteiger partial charge is 0.221 e. The first-order chi connectivity index (χ1) is 11.0. The number of hydrogen-bond acceptors (Lipinski definition) is 4. The number of ether oxygens (including phenoxy) is 1. The third-order valence-electron chi connectivity index (χ3n) is 3.88. The molecule has 0 aliphatic carbocycles. The summed E-state index contributed by atoms with van der Waals surface area (Å²) in [5.74, 6) is 0.0561. The summed E-state index contributed by atoms with van der Waals surface area (Å²) in [6.45, 7) is 4.67. The van der Waals surface area contributed by atoms with E-state index >= 15 is 0 Å². The molecule has 5 nitrogen and oxygen atoms in total. The van der Waals surface area contributed by atoms with E-state index in [0.717, 1.165) is 38.3 Å². The van der Waals surface area contributed by atoms with Crippen LogP contribution in [0.2, 0.25) is 5.02 Å². The second kappa shape index (κ2) is 9.23. The minimum Gasteiger partial charge on any atom is -0.374 e. The Kier molecular flexibility index (Phi) is 7.30. The number of rotatable bonds is 7. The highest BCUT2D eigenvalue weighted by molar-refractivity contribution is 6.31. The van der Waals surface area contributed by atoms with Gasteiger partial charge in [0.25, 0.3) is 0 Å². The van der Waals surface area contributed by atoms with E-state index in [1.54, 1.807) is 0 Å². The lowest BCUT2D eigenvalue weighted by atomic mass is 10.2. The van der Waals surface area contributed by atoms with E-state index in [-0.39, 0.29) is 12.0 Å². The van der Waals surface area contributed by atoms with Crippen molar-refractivity contribution < 1.29 is 9.53 Å². The van der Waals surface area contributed by atoms with Gasteiger partial charge in [0.1, 0.15) is 0 Å². The first-order valence-corrected chi connectivity index (χ1v) is 8.41. The number of morpholine rings is 1. The van der Waals surface area contributed by atoms with Gasteiger partial charge in [0.05, 0.1) is 12.7 Å². The number of nitrogens with zero attached hydrogens (tertiary/aromatic N) is 2. The maximum atomic E-state index is 12.0. The van der Waals surface area contributed by atoms with Gasteiger partial charge in [-0.3, -0.25) is 9.69 Å². The summed E-state index contributed by atoms with van der Waals surface area (Å²) in [5.41, 5.74) is 0.944. The van der Waals surface area contributed by atoms with Gasteiger partial charge >= 0.3 is 0 Å². The lowest BCUT2D eigenvalue weighted by molar-refractivity contribution is -0.122. The third kappa shape index (κ3) is 6.47. The number of amides is 1. The zero-order chi connectivity index (χ0) is 16.7. The van der Waals surface area contributed by atoms with Crippen molar-refractivity contribution in [3.8, 4) is 0 Å². The highest BCUT2D eigenvalue weighted by atomic mass is 35.5. The molecule has 0 radical (unpaired) electrons. The maximum absolute atomic E-state index is 12.0. The fraction of sp³-hybridized carbons (Fsp3) is 0.588. The fourth-order valence-corrected chi connectivity index (χ4v) is 2.89. The van der Waals surface area contributed by atoms with Crippen LogP contribution >= 0.6 is 11.6 Å². The molecule has 1 fully saturated rings. The molecule has 6 heteroatoms. The Morgan fingerprint density at radius 2 is 2.22 bits per heavy atom. The summed E-state index contributed by atoms with van der Waals surface area (Å²) in [7, 11) is 4.09. The number of nitrogens with one attached hydrogen (secondary N) is 1. The quantitative estimate of drug-likeness (QED) is 0.819. The summed E-state index contributed by atoms with van der Waals surface area (Å²) in [6, 6.07) is 7.57. The largest absolute Gasteiger partial charge is 0.374 e. The molecule has 1 amide bonds. The van der Waals surface area contributed by atoms with Crippen molar-refractivity contribution >= 4 is 17.5 Å². The molecule has 1 aromatic carbocycles. The van der Waals surface area contributed by atoms with E-state index < -0.39 is 0 Å². The van der Waals surface area contributed by atoms with Gasteiger partial charge in [-0.05, 0) is 25.7 Å². The molecule has 0 spiro atoms. The molecule has 2 rings (SSSR count).